The summed E-state index contributed by atoms with van der Waals surface area (Å²) in [5.74, 6) is 0.738. The number of nitrogens with zero attached hydrogens (tertiary/aromatic N) is 1. The molecule has 3 aromatic rings. The van der Waals surface area contributed by atoms with Crippen molar-refractivity contribution < 1.29 is 14.8 Å². The second-order valence-electron chi connectivity index (χ2n) is 7.28. The number of hydrogen-bond acceptors (Lipinski definition) is 6. The molecule has 8 nitrogen and oxygen atoms in total. The van der Waals surface area contributed by atoms with Crippen LogP contribution in [0.3, 0.4) is 0 Å². The molecule has 34 heavy (non-hydrogen) atoms. The number of thiocarbonyl (C=S) groups is 1. The smallest absolute Gasteiger partial charge is 0.292 e. The average Bonchev–Trinajstić information content (AvgIpc) is 2.82. The van der Waals surface area contributed by atoms with Gasteiger partial charge in [0, 0.05) is 18.3 Å². The van der Waals surface area contributed by atoms with Crippen LogP contribution in [0.4, 0.5) is 17.1 Å². The summed E-state index contributed by atoms with van der Waals surface area (Å²) in [4.78, 5) is 10.7. The minimum absolute atomic E-state index is 0. The van der Waals surface area contributed by atoms with Gasteiger partial charge < -0.3 is 25.8 Å². The van der Waals surface area contributed by atoms with Crippen LogP contribution in [0.1, 0.15) is 5.56 Å². The van der Waals surface area contributed by atoms with Gasteiger partial charge in [0.05, 0.1) is 4.92 Å². The summed E-state index contributed by atoms with van der Waals surface area (Å²) < 4.78 is 5.54. The second kappa shape index (κ2) is 14.1. The van der Waals surface area contributed by atoms with Crippen LogP contribution in [-0.4, -0.2) is 40.9 Å². The van der Waals surface area contributed by atoms with Crippen LogP contribution in [0.2, 0.25) is 0 Å². The number of nitro benzene ring substituents is 1. The Hall–Kier alpha value is -3.24. The van der Waals surface area contributed by atoms with Crippen molar-refractivity contribution in [3.63, 3.8) is 0 Å². The number of anilines is 2. The molecule has 0 bridgehead atoms. The van der Waals surface area contributed by atoms with E-state index in [0.29, 0.717) is 18.8 Å². The lowest BCUT2D eigenvalue weighted by Crippen LogP contribution is -2.32. The third kappa shape index (κ3) is 8.95. The summed E-state index contributed by atoms with van der Waals surface area (Å²) in [6.45, 7) is 1.39. The van der Waals surface area contributed by atoms with E-state index < -0.39 is 11.0 Å². The molecule has 0 aliphatic heterocycles. The molecular weight excluding hydrogens is 476 g/mol. The number of aliphatic hydroxyl groups excluding tert-OH is 1. The van der Waals surface area contributed by atoms with E-state index in [1.165, 1.54) is 6.07 Å². The number of ether oxygens (including phenoxy) is 1. The van der Waals surface area contributed by atoms with E-state index in [2.05, 4.69) is 16.0 Å². The van der Waals surface area contributed by atoms with E-state index in [0.717, 1.165) is 23.4 Å². The van der Waals surface area contributed by atoms with Gasteiger partial charge in [0.25, 0.3) is 5.69 Å². The van der Waals surface area contributed by atoms with Crippen molar-refractivity contribution in [3.8, 4) is 5.75 Å². The van der Waals surface area contributed by atoms with Gasteiger partial charge in [-0.1, -0.05) is 42.5 Å². The van der Waals surface area contributed by atoms with Crippen molar-refractivity contribution in [2.75, 3.05) is 30.3 Å². The molecule has 0 saturated carbocycles. The Morgan fingerprint density at radius 3 is 2.38 bits per heavy atom. The number of halogens is 1. The molecule has 0 heterocycles. The minimum atomic E-state index is -0.592. The fourth-order valence-corrected chi connectivity index (χ4v) is 3.28. The van der Waals surface area contributed by atoms with E-state index in [1.54, 1.807) is 18.2 Å². The van der Waals surface area contributed by atoms with Gasteiger partial charge in [-0.05, 0) is 61.1 Å². The van der Waals surface area contributed by atoms with Crippen molar-refractivity contribution in [1.29, 1.82) is 0 Å². The SMILES string of the molecule is Cl.O=[N+]([O-])c1ccccc1NC(=S)Nc1ccc(CCNC[C@H](O)COc2ccccc2)cc1. The Labute approximate surface area is 209 Å². The van der Waals surface area contributed by atoms with E-state index in [4.69, 9.17) is 17.0 Å². The van der Waals surface area contributed by atoms with Gasteiger partial charge in [-0.3, -0.25) is 10.1 Å². The molecule has 0 unspecified atom stereocenters. The zero-order valence-corrected chi connectivity index (χ0v) is 20.0. The third-order valence-corrected chi connectivity index (χ3v) is 4.92. The minimum Gasteiger partial charge on any atom is -0.491 e. The Bertz CT molecular complexity index is 1050. The van der Waals surface area contributed by atoms with Crippen molar-refractivity contribution in [1.82, 2.24) is 5.32 Å². The number of nitrogens with one attached hydrogen (secondary N) is 3. The van der Waals surface area contributed by atoms with Crippen LogP contribution in [0.25, 0.3) is 0 Å². The standard InChI is InChI=1S/C24H26N4O4S.ClH/c29-20(17-32-21-6-2-1-3-7-21)16-25-15-14-18-10-12-19(13-11-18)26-24(33)27-22-8-4-5-9-23(22)28(30)31;/h1-13,20,25,29H,14-17H2,(H2,26,27,33);1H/t20-;/m0./s1. The molecule has 0 amide bonds. The molecule has 3 rings (SSSR count). The molecule has 180 valence electrons. The molecular formula is C24H27ClN4O4S. The van der Waals surface area contributed by atoms with E-state index in [1.807, 2.05) is 54.6 Å². The Morgan fingerprint density at radius 1 is 1.00 bits per heavy atom. The summed E-state index contributed by atoms with van der Waals surface area (Å²) in [5.41, 5.74) is 2.19. The number of nitro groups is 1. The molecule has 0 fully saturated rings. The predicted molar refractivity (Wildman–Crippen MR) is 141 cm³/mol. The predicted octanol–water partition coefficient (Wildman–Crippen LogP) is 4.40. The second-order valence-corrected chi connectivity index (χ2v) is 7.69. The number of rotatable bonds is 11. The molecule has 0 spiro atoms. The van der Waals surface area contributed by atoms with Gasteiger partial charge in [0.1, 0.15) is 24.1 Å². The van der Waals surface area contributed by atoms with Gasteiger partial charge in [-0.25, -0.2) is 0 Å². The Balaban J connectivity index is 0.00000408. The highest BCUT2D eigenvalue weighted by molar-refractivity contribution is 7.80. The summed E-state index contributed by atoms with van der Waals surface area (Å²) >= 11 is 5.27. The zero-order chi connectivity index (χ0) is 23.5. The number of benzene rings is 3. The van der Waals surface area contributed by atoms with Crippen molar-refractivity contribution in [3.05, 3.63) is 94.5 Å². The maximum atomic E-state index is 11.1. The van der Waals surface area contributed by atoms with E-state index in [9.17, 15) is 15.2 Å². The van der Waals surface area contributed by atoms with Crippen LogP contribution in [-0.2, 0) is 6.42 Å². The fraction of sp³-hybridized carbons (Fsp3) is 0.208. The van der Waals surface area contributed by atoms with Crippen LogP contribution in [0.15, 0.2) is 78.9 Å². The monoisotopic (exact) mass is 502 g/mol. The summed E-state index contributed by atoms with van der Waals surface area (Å²) in [7, 11) is 0. The first-order valence-corrected chi connectivity index (χ1v) is 10.9. The lowest BCUT2D eigenvalue weighted by Gasteiger charge is -2.13. The fourth-order valence-electron chi connectivity index (χ4n) is 3.05. The molecule has 0 aromatic heterocycles. The lowest BCUT2D eigenvalue weighted by molar-refractivity contribution is -0.383. The maximum Gasteiger partial charge on any atom is 0.292 e. The van der Waals surface area contributed by atoms with Gasteiger partial charge in [0.2, 0.25) is 0 Å². The van der Waals surface area contributed by atoms with E-state index in [-0.39, 0.29) is 29.8 Å². The van der Waals surface area contributed by atoms with E-state index >= 15 is 0 Å². The zero-order valence-electron chi connectivity index (χ0n) is 18.3. The van der Waals surface area contributed by atoms with Gasteiger partial charge in [-0.15, -0.1) is 12.4 Å². The molecule has 3 aromatic carbocycles. The van der Waals surface area contributed by atoms with Crippen LogP contribution in [0.5, 0.6) is 5.75 Å². The lowest BCUT2D eigenvalue weighted by atomic mass is 10.1. The first-order valence-electron chi connectivity index (χ1n) is 10.5. The molecule has 0 radical (unpaired) electrons. The molecule has 0 aliphatic rings. The van der Waals surface area contributed by atoms with Crippen LogP contribution in [0, 0.1) is 10.1 Å². The number of aliphatic hydroxyl groups is 1. The normalized spacial score (nSPS) is 11.1. The average molecular weight is 503 g/mol. The van der Waals surface area contributed by atoms with Gasteiger partial charge >= 0.3 is 0 Å². The summed E-state index contributed by atoms with van der Waals surface area (Å²) in [5, 5.41) is 30.5. The highest BCUT2D eigenvalue weighted by Crippen LogP contribution is 2.23. The third-order valence-electron chi connectivity index (χ3n) is 4.72. The Kier molecular flexibility index (Phi) is 11.2. The molecule has 1 atom stereocenters. The summed E-state index contributed by atoms with van der Waals surface area (Å²) in [6, 6.07) is 23.5. The maximum absolute atomic E-state index is 11.1. The van der Waals surface area contributed by atoms with Crippen molar-refractivity contribution >= 4 is 46.8 Å². The highest BCUT2D eigenvalue weighted by Gasteiger charge is 2.13. The van der Waals surface area contributed by atoms with Gasteiger partial charge in [0.15, 0.2) is 5.11 Å². The highest BCUT2D eigenvalue weighted by atomic mass is 35.5. The number of hydrogen-bond donors (Lipinski definition) is 4. The molecule has 0 aliphatic carbocycles. The number of para-hydroxylation sites is 3. The van der Waals surface area contributed by atoms with Crippen molar-refractivity contribution in [2.24, 2.45) is 0 Å². The first-order chi connectivity index (χ1) is 16.0. The molecule has 4 N–H and O–H groups in total. The quantitative estimate of drug-likeness (QED) is 0.132. The first kappa shape index (κ1) is 27.0. The van der Waals surface area contributed by atoms with Crippen LogP contribution >= 0.6 is 24.6 Å². The van der Waals surface area contributed by atoms with Crippen molar-refractivity contribution in [2.45, 2.75) is 12.5 Å². The topological polar surface area (TPSA) is 109 Å². The van der Waals surface area contributed by atoms with Gasteiger partial charge in [-0.2, -0.15) is 0 Å². The largest absolute Gasteiger partial charge is 0.491 e. The van der Waals surface area contributed by atoms with Crippen LogP contribution < -0.4 is 20.7 Å². The molecule has 10 heteroatoms. The Morgan fingerprint density at radius 2 is 1.68 bits per heavy atom. The summed E-state index contributed by atoms with van der Waals surface area (Å²) in [6.07, 6.45) is 0.205. The molecule has 0 saturated heterocycles.